The van der Waals surface area contributed by atoms with Gasteiger partial charge in [0.15, 0.2) is 0 Å². The van der Waals surface area contributed by atoms with Crippen molar-refractivity contribution < 1.29 is 26.7 Å². The first-order chi connectivity index (χ1) is 9.08. The number of nitrogen functional groups attached to an aromatic ring is 1. The van der Waals surface area contributed by atoms with E-state index in [0.29, 0.717) is 0 Å². The zero-order chi connectivity index (χ0) is 15.6. The van der Waals surface area contributed by atoms with E-state index in [4.69, 9.17) is 10.8 Å². The van der Waals surface area contributed by atoms with Gasteiger partial charge in [0.05, 0.1) is 6.61 Å². The van der Waals surface area contributed by atoms with E-state index in [0.717, 1.165) is 6.07 Å². The van der Waals surface area contributed by atoms with Crippen molar-refractivity contribution in [2.45, 2.75) is 11.1 Å². The van der Waals surface area contributed by atoms with Crippen LogP contribution < -0.4 is 5.73 Å². The molecule has 0 radical (unpaired) electrons. The number of sulfonamides is 1. The third-order valence-electron chi connectivity index (χ3n) is 2.17. The summed E-state index contributed by atoms with van der Waals surface area (Å²) < 4.78 is 61.9. The molecule has 0 bridgehead atoms. The Morgan fingerprint density at radius 3 is 2.55 bits per heavy atom. The summed E-state index contributed by atoms with van der Waals surface area (Å²) in [4.78, 5) is 3.01. The Labute approximate surface area is 121 Å². The lowest BCUT2D eigenvalue weighted by molar-refractivity contribution is -0.136. The first kappa shape index (κ1) is 17.1. The highest BCUT2D eigenvalue weighted by atomic mass is 79.9. The van der Waals surface area contributed by atoms with Crippen LogP contribution in [0.3, 0.4) is 0 Å². The van der Waals surface area contributed by atoms with Crippen molar-refractivity contribution in [1.29, 1.82) is 0 Å². The van der Waals surface area contributed by atoms with Gasteiger partial charge in [-0.15, -0.1) is 0 Å². The molecule has 3 N–H and O–H groups in total. The number of rotatable bonds is 5. The van der Waals surface area contributed by atoms with Gasteiger partial charge >= 0.3 is 6.18 Å². The number of anilines is 1. The first-order valence-electron chi connectivity index (χ1n) is 5.16. The number of alkyl halides is 3. The molecule has 0 spiro atoms. The monoisotopic (exact) mass is 377 g/mol. The summed E-state index contributed by atoms with van der Waals surface area (Å²) in [5, 5.41) is 8.74. The minimum absolute atomic E-state index is 0.104. The van der Waals surface area contributed by atoms with Crippen LogP contribution in [-0.4, -0.2) is 48.7 Å². The van der Waals surface area contributed by atoms with Crippen LogP contribution in [-0.2, 0) is 10.0 Å². The Morgan fingerprint density at radius 1 is 1.45 bits per heavy atom. The molecule has 1 aromatic heterocycles. The first-order valence-corrected chi connectivity index (χ1v) is 7.40. The predicted octanol–water partition coefficient (Wildman–Crippen LogP) is 0.972. The molecule has 0 aliphatic heterocycles. The Hall–Kier alpha value is -0.910. The van der Waals surface area contributed by atoms with E-state index in [2.05, 4.69) is 20.9 Å². The summed E-state index contributed by atoms with van der Waals surface area (Å²) >= 11 is 2.97. The summed E-state index contributed by atoms with van der Waals surface area (Å²) in [7, 11) is -4.51. The van der Waals surface area contributed by atoms with Crippen molar-refractivity contribution in [3.05, 3.63) is 16.7 Å². The number of pyridine rings is 1. The second-order valence-electron chi connectivity index (χ2n) is 3.71. The largest absolute Gasteiger partial charge is 0.402 e. The van der Waals surface area contributed by atoms with Gasteiger partial charge in [-0.2, -0.15) is 17.5 Å². The molecule has 20 heavy (non-hydrogen) atoms. The molecular formula is C9H11BrF3N3O3S. The number of nitrogens with two attached hydrogens (primary N) is 1. The molecule has 114 valence electrons. The van der Waals surface area contributed by atoms with E-state index >= 15 is 0 Å². The van der Waals surface area contributed by atoms with Crippen LogP contribution in [0.5, 0.6) is 0 Å². The number of nitrogens with zero attached hydrogens (tertiary/aromatic N) is 2. The van der Waals surface area contributed by atoms with E-state index in [1.54, 1.807) is 0 Å². The van der Waals surface area contributed by atoms with Gasteiger partial charge in [0, 0.05) is 17.2 Å². The van der Waals surface area contributed by atoms with Crippen LogP contribution in [0.2, 0.25) is 0 Å². The normalized spacial score (nSPS) is 12.9. The summed E-state index contributed by atoms with van der Waals surface area (Å²) in [6.07, 6.45) is -3.52. The molecule has 11 heteroatoms. The molecule has 1 aromatic rings. The van der Waals surface area contributed by atoms with E-state index in [1.165, 1.54) is 6.20 Å². The molecule has 0 atom stereocenters. The molecule has 0 unspecified atom stereocenters. The number of aliphatic hydroxyl groups excluding tert-OH is 1. The van der Waals surface area contributed by atoms with Gasteiger partial charge in [0.2, 0.25) is 10.0 Å². The maximum atomic E-state index is 12.4. The molecular weight excluding hydrogens is 367 g/mol. The maximum Gasteiger partial charge on any atom is 0.402 e. The predicted molar refractivity (Wildman–Crippen MR) is 68.2 cm³/mol. The Kier molecular flexibility index (Phi) is 5.35. The lowest BCUT2D eigenvalue weighted by atomic mass is 10.5. The van der Waals surface area contributed by atoms with Crippen molar-refractivity contribution in [3.63, 3.8) is 0 Å². The van der Waals surface area contributed by atoms with Gasteiger partial charge in [0.25, 0.3) is 0 Å². The molecule has 1 heterocycles. The summed E-state index contributed by atoms with van der Waals surface area (Å²) in [6.45, 7) is -3.17. The van der Waals surface area contributed by atoms with Crippen LogP contribution in [0.15, 0.2) is 21.6 Å². The van der Waals surface area contributed by atoms with Gasteiger partial charge in [-0.3, -0.25) is 0 Å². The second kappa shape index (κ2) is 6.24. The van der Waals surface area contributed by atoms with Gasteiger partial charge in [-0.05, 0) is 22.0 Å². The topological polar surface area (TPSA) is 96.5 Å². The summed E-state index contributed by atoms with van der Waals surface area (Å²) in [5.74, 6) is -0.418. The van der Waals surface area contributed by atoms with Crippen molar-refractivity contribution in [2.75, 3.05) is 25.4 Å². The number of hydrogen-bond acceptors (Lipinski definition) is 5. The summed E-state index contributed by atoms with van der Waals surface area (Å²) in [5.41, 5.74) is 5.39. The van der Waals surface area contributed by atoms with Gasteiger partial charge in [-0.25, -0.2) is 13.4 Å². The molecule has 0 amide bonds. The number of hydrogen-bond donors (Lipinski definition) is 2. The van der Waals surface area contributed by atoms with Gasteiger partial charge in [-0.1, -0.05) is 0 Å². The van der Waals surface area contributed by atoms with Crippen molar-refractivity contribution in [2.24, 2.45) is 0 Å². The van der Waals surface area contributed by atoms with Crippen LogP contribution in [0.25, 0.3) is 0 Å². The Bertz CT molecular complexity index is 580. The van der Waals surface area contributed by atoms with E-state index in [-0.39, 0.29) is 8.78 Å². The fourth-order valence-electron chi connectivity index (χ4n) is 1.37. The smallest absolute Gasteiger partial charge is 0.395 e. The minimum Gasteiger partial charge on any atom is -0.395 e. The standard InChI is InChI=1S/C9H11BrF3N3O3S/c10-6-3-7(8(14)15-4-6)20(18,19)16(1-2-17)5-9(11,12)13/h3-4,17H,1-2,5H2,(H2,14,15). The highest BCUT2D eigenvalue weighted by molar-refractivity contribution is 9.10. The van der Waals surface area contributed by atoms with Crippen LogP contribution >= 0.6 is 15.9 Å². The van der Waals surface area contributed by atoms with E-state index in [9.17, 15) is 21.6 Å². The molecule has 0 aromatic carbocycles. The highest BCUT2D eigenvalue weighted by Gasteiger charge is 2.37. The highest BCUT2D eigenvalue weighted by Crippen LogP contribution is 2.26. The molecule has 0 aliphatic carbocycles. The van der Waals surface area contributed by atoms with Crippen LogP contribution in [0.1, 0.15) is 0 Å². The van der Waals surface area contributed by atoms with Crippen molar-refractivity contribution >= 4 is 31.8 Å². The molecule has 0 saturated heterocycles. The Balaban J connectivity index is 3.26. The Morgan fingerprint density at radius 2 is 2.05 bits per heavy atom. The zero-order valence-electron chi connectivity index (χ0n) is 9.93. The van der Waals surface area contributed by atoms with Crippen molar-refractivity contribution in [3.8, 4) is 0 Å². The minimum atomic E-state index is -4.74. The lowest BCUT2D eigenvalue weighted by Crippen LogP contribution is -2.40. The third-order valence-corrected chi connectivity index (χ3v) is 4.48. The second-order valence-corrected chi connectivity index (χ2v) is 6.54. The van der Waals surface area contributed by atoms with E-state index < -0.39 is 46.6 Å². The molecule has 1 rings (SSSR count). The molecule has 0 aliphatic rings. The fraction of sp³-hybridized carbons (Fsp3) is 0.444. The third kappa shape index (κ3) is 4.30. The number of aromatic nitrogens is 1. The quantitative estimate of drug-likeness (QED) is 0.796. The molecule has 6 nitrogen and oxygen atoms in total. The lowest BCUT2D eigenvalue weighted by Gasteiger charge is -2.23. The van der Waals surface area contributed by atoms with Gasteiger partial charge in [0.1, 0.15) is 17.3 Å². The summed E-state index contributed by atoms with van der Waals surface area (Å²) in [6, 6.07) is 1.05. The fourth-order valence-corrected chi connectivity index (χ4v) is 3.36. The van der Waals surface area contributed by atoms with Crippen LogP contribution in [0, 0.1) is 0 Å². The maximum absolute atomic E-state index is 12.4. The molecule has 0 saturated carbocycles. The van der Waals surface area contributed by atoms with Crippen LogP contribution in [0.4, 0.5) is 19.0 Å². The SMILES string of the molecule is Nc1ncc(Br)cc1S(=O)(=O)N(CCO)CC(F)(F)F. The number of halogens is 4. The average Bonchev–Trinajstić information content (AvgIpc) is 2.30. The number of aliphatic hydroxyl groups is 1. The zero-order valence-corrected chi connectivity index (χ0v) is 12.3. The van der Waals surface area contributed by atoms with E-state index in [1.807, 2.05) is 0 Å². The average molecular weight is 378 g/mol. The van der Waals surface area contributed by atoms with Gasteiger partial charge < -0.3 is 10.8 Å². The van der Waals surface area contributed by atoms with Crippen molar-refractivity contribution in [1.82, 2.24) is 9.29 Å². The molecule has 0 fully saturated rings.